The number of nitro groups is 1. The van der Waals surface area contributed by atoms with Gasteiger partial charge in [0.15, 0.2) is 0 Å². The van der Waals surface area contributed by atoms with Crippen LogP contribution in [-0.4, -0.2) is 43.8 Å². The molecule has 4 rings (SSSR count). The molecule has 14 heteroatoms. The van der Waals surface area contributed by atoms with E-state index in [4.69, 9.17) is 0 Å². The molecule has 0 atom stereocenters. The smallest absolute Gasteiger partial charge is 0.405 e. The number of nitrogens with zero attached hydrogens (tertiary/aromatic N) is 5. The molecule has 0 spiro atoms. The highest BCUT2D eigenvalue weighted by atomic mass is 19.4. The molecule has 1 aromatic carbocycles. The van der Waals surface area contributed by atoms with E-state index in [1.165, 1.54) is 24.5 Å². The van der Waals surface area contributed by atoms with Crippen LogP contribution in [0.1, 0.15) is 36.8 Å². The number of para-hydroxylation sites is 1. The zero-order chi connectivity index (χ0) is 27.0. The lowest BCUT2D eigenvalue weighted by Gasteiger charge is -2.29. The van der Waals surface area contributed by atoms with Crippen molar-refractivity contribution in [1.82, 2.24) is 25.3 Å². The topological polar surface area (TPSA) is 140 Å². The maximum absolute atomic E-state index is 12.7. The van der Waals surface area contributed by atoms with E-state index in [-0.39, 0.29) is 35.3 Å². The standard InChI is InChI=1S/C24H27F3N8O3/c25-24(26,27)38-21-4-2-1-3-18(21)13-32-23-33-14-20(35(36)37)22(34-23)31-11-16-5-7-19(8-6-16)30-12-17-9-28-15-29-10-17/h1-4,9-10,14-16,19,30H,5-8,11-13H2,(H2,31,32,33,34). The summed E-state index contributed by atoms with van der Waals surface area (Å²) in [4.78, 5) is 27.1. The van der Waals surface area contributed by atoms with E-state index in [9.17, 15) is 23.3 Å². The first-order chi connectivity index (χ1) is 18.3. The molecule has 3 aromatic rings. The van der Waals surface area contributed by atoms with E-state index in [1.807, 2.05) is 0 Å². The molecule has 0 unspecified atom stereocenters. The number of hydrogen-bond acceptors (Lipinski definition) is 10. The number of hydrogen-bond donors (Lipinski definition) is 3. The van der Waals surface area contributed by atoms with Gasteiger partial charge in [0, 0.05) is 49.2 Å². The van der Waals surface area contributed by atoms with Gasteiger partial charge < -0.3 is 20.7 Å². The van der Waals surface area contributed by atoms with Crippen LogP contribution < -0.4 is 20.7 Å². The van der Waals surface area contributed by atoms with Crippen LogP contribution >= 0.6 is 0 Å². The molecule has 11 nitrogen and oxygen atoms in total. The molecule has 0 bridgehead atoms. The van der Waals surface area contributed by atoms with Crippen LogP contribution in [-0.2, 0) is 13.1 Å². The summed E-state index contributed by atoms with van der Waals surface area (Å²) in [6.07, 6.45) is 5.12. The largest absolute Gasteiger partial charge is 0.573 e. The first-order valence-corrected chi connectivity index (χ1v) is 12.1. The van der Waals surface area contributed by atoms with Crippen molar-refractivity contribution in [3.05, 3.63) is 70.4 Å². The van der Waals surface area contributed by atoms with Crippen LogP contribution in [0.4, 0.5) is 30.6 Å². The minimum atomic E-state index is -4.83. The lowest BCUT2D eigenvalue weighted by Crippen LogP contribution is -2.34. The van der Waals surface area contributed by atoms with Crippen molar-refractivity contribution >= 4 is 17.5 Å². The van der Waals surface area contributed by atoms with Gasteiger partial charge in [0.1, 0.15) is 18.3 Å². The summed E-state index contributed by atoms with van der Waals surface area (Å²) in [7, 11) is 0. The molecule has 1 aliphatic rings. The third-order valence-electron chi connectivity index (χ3n) is 6.22. The number of ether oxygens (including phenoxy) is 1. The molecule has 38 heavy (non-hydrogen) atoms. The Kier molecular flexibility index (Phi) is 8.84. The molecule has 2 heterocycles. The summed E-state index contributed by atoms with van der Waals surface area (Å²) < 4.78 is 42.1. The second kappa shape index (κ2) is 12.4. The van der Waals surface area contributed by atoms with Crippen molar-refractivity contribution in [2.24, 2.45) is 5.92 Å². The monoisotopic (exact) mass is 532 g/mol. The summed E-state index contributed by atoms with van der Waals surface area (Å²) >= 11 is 0. The quantitative estimate of drug-likeness (QED) is 0.240. The Morgan fingerprint density at radius 3 is 2.47 bits per heavy atom. The van der Waals surface area contributed by atoms with Crippen LogP contribution in [0.3, 0.4) is 0 Å². The first kappa shape index (κ1) is 27.0. The van der Waals surface area contributed by atoms with Gasteiger partial charge in [0.2, 0.25) is 11.8 Å². The Morgan fingerprint density at radius 2 is 1.76 bits per heavy atom. The predicted molar refractivity (Wildman–Crippen MR) is 132 cm³/mol. The molecule has 0 radical (unpaired) electrons. The molecule has 1 aliphatic carbocycles. The summed E-state index contributed by atoms with van der Waals surface area (Å²) in [6.45, 7) is 1.12. The van der Waals surface area contributed by atoms with Gasteiger partial charge in [-0.3, -0.25) is 10.1 Å². The molecule has 2 aromatic heterocycles. The Hall–Kier alpha value is -4.07. The van der Waals surface area contributed by atoms with E-state index in [1.54, 1.807) is 18.5 Å². The fraction of sp³-hybridized carbons (Fsp3) is 0.417. The number of rotatable bonds is 11. The van der Waals surface area contributed by atoms with Gasteiger partial charge in [-0.2, -0.15) is 4.98 Å². The Balaban J connectivity index is 1.31. The molecule has 202 valence electrons. The Bertz CT molecular complexity index is 1210. The Labute approximate surface area is 216 Å². The minimum Gasteiger partial charge on any atom is -0.405 e. The molecular weight excluding hydrogens is 505 g/mol. The Morgan fingerprint density at radius 1 is 1.03 bits per heavy atom. The van der Waals surface area contributed by atoms with Crippen molar-refractivity contribution < 1.29 is 22.8 Å². The van der Waals surface area contributed by atoms with E-state index in [0.29, 0.717) is 25.0 Å². The highest BCUT2D eigenvalue weighted by molar-refractivity contribution is 5.57. The number of nitrogens with one attached hydrogen (secondary N) is 3. The third-order valence-corrected chi connectivity index (χ3v) is 6.22. The normalized spacial score (nSPS) is 17.6. The van der Waals surface area contributed by atoms with Crippen LogP contribution in [0, 0.1) is 16.0 Å². The van der Waals surface area contributed by atoms with E-state index in [2.05, 4.69) is 40.6 Å². The van der Waals surface area contributed by atoms with Gasteiger partial charge in [0.25, 0.3) is 0 Å². The SMILES string of the molecule is O=[N+]([O-])c1cnc(NCc2ccccc2OC(F)(F)F)nc1NCC1CCC(NCc2cncnc2)CC1. The van der Waals surface area contributed by atoms with Crippen LogP contribution in [0.5, 0.6) is 5.75 Å². The van der Waals surface area contributed by atoms with Crippen LogP contribution in [0.25, 0.3) is 0 Å². The lowest BCUT2D eigenvalue weighted by molar-refractivity contribution is -0.384. The first-order valence-electron chi connectivity index (χ1n) is 12.1. The number of aromatic nitrogens is 4. The van der Waals surface area contributed by atoms with Gasteiger partial charge in [-0.05, 0) is 37.7 Å². The number of halogens is 3. The molecule has 0 amide bonds. The summed E-state index contributed by atoms with van der Waals surface area (Å²) in [5, 5.41) is 20.9. The summed E-state index contributed by atoms with van der Waals surface area (Å²) in [6, 6.07) is 6.05. The molecule has 1 fully saturated rings. The van der Waals surface area contributed by atoms with Gasteiger partial charge in [-0.15, -0.1) is 13.2 Å². The highest BCUT2D eigenvalue weighted by Gasteiger charge is 2.32. The van der Waals surface area contributed by atoms with E-state index in [0.717, 1.165) is 37.4 Å². The van der Waals surface area contributed by atoms with Crippen LogP contribution in [0.15, 0.2) is 49.2 Å². The fourth-order valence-electron chi connectivity index (χ4n) is 4.27. The second-order valence-electron chi connectivity index (χ2n) is 8.92. The summed E-state index contributed by atoms with van der Waals surface area (Å²) in [5.41, 5.74) is 0.969. The van der Waals surface area contributed by atoms with E-state index < -0.39 is 11.3 Å². The van der Waals surface area contributed by atoms with Crippen molar-refractivity contribution in [1.29, 1.82) is 0 Å². The minimum absolute atomic E-state index is 0.0395. The van der Waals surface area contributed by atoms with Crippen LogP contribution in [0.2, 0.25) is 0 Å². The zero-order valence-corrected chi connectivity index (χ0v) is 20.3. The van der Waals surface area contributed by atoms with Gasteiger partial charge in [-0.1, -0.05) is 18.2 Å². The zero-order valence-electron chi connectivity index (χ0n) is 20.3. The van der Waals surface area contributed by atoms with Crippen molar-refractivity contribution in [3.63, 3.8) is 0 Å². The van der Waals surface area contributed by atoms with Crippen molar-refractivity contribution in [2.75, 3.05) is 17.2 Å². The lowest BCUT2D eigenvalue weighted by atomic mass is 9.86. The van der Waals surface area contributed by atoms with Crippen molar-refractivity contribution in [2.45, 2.75) is 51.2 Å². The fourth-order valence-corrected chi connectivity index (χ4v) is 4.27. The van der Waals surface area contributed by atoms with Gasteiger partial charge in [-0.25, -0.2) is 15.0 Å². The maximum Gasteiger partial charge on any atom is 0.573 e. The number of benzene rings is 1. The highest BCUT2D eigenvalue weighted by Crippen LogP contribution is 2.29. The summed E-state index contributed by atoms with van der Waals surface area (Å²) in [5.74, 6) is 0.0507. The number of anilines is 2. The maximum atomic E-state index is 12.7. The predicted octanol–water partition coefficient (Wildman–Crippen LogP) is 4.45. The average molecular weight is 533 g/mol. The molecule has 1 saturated carbocycles. The van der Waals surface area contributed by atoms with Gasteiger partial charge in [0.05, 0.1) is 4.92 Å². The van der Waals surface area contributed by atoms with E-state index >= 15 is 0 Å². The molecule has 0 aliphatic heterocycles. The number of alkyl halides is 3. The van der Waals surface area contributed by atoms with Crippen molar-refractivity contribution in [3.8, 4) is 5.75 Å². The van der Waals surface area contributed by atoms with Gasteiger partial charge >= 0.3 is 12.0 Å². The molecular formula is C24H27F3N8O3. The third kappa shape index (κ3) is 7.96. The average Bonchev–Trinajstić information content (AvgIpc) is 2.90. The molecule has 3 N–H and O–H groups in total. The molecule has 0 saturated heterocycles. The second-order valence-corrected chi connectivity index (χ2v) is 8.92.